The van der Waals surface area contributed by atoms with Gasteiger partial charge in [0.2, 0.25) is 5.91 Å². The number of nitrogens with zero attached hydrogens (tertiary/aromatic N) is 1. The van der Waals surface area contributed by atoms with E-state index in [-0.39, 0.29) is 11.8 Å². The van der Waals surface area contributed by atoms with E-state index in [4.69, 9.17) is 0 Å². The zero-order valence-electron chi connectivity index (χ0n) is 17.8. The number of nitrogens with one attached hydrogen (secondary N) is 2. The molecule has 0 aliphatic carbocycles. The van der Waals surface area contributed by atoms with Gasteiger partial charge in [0.05, 0.1) is 16.8 Å². The predicted octanol–water partition coefficient (Wildman–Crippen LogP) is 4.97. The summed E-state index contributed by atoms with van der Waals surface area (Å²) in [5.74, 6) is -0.638. The molecular weight excluding hydrogens is 362 g/mol. The average molecular weight is 389 g/mol. The Bertz CT molecular complexity index is 1000. The number of hydrogen-bond donors (Lipinski definition) is 2. The highest BCUT2D eigenvalue weighted by Gasteiger charge is 2.26. The number of carbonyl (C=O) groups excluding carboxylic acids is 2. The molecule has 5 heteroatoms. The van der Waals surface area contributed by atoms with Crippen molar-refractivity contribution in [1.29, 1.82) is 5.26 Å². The number of para-hydroxylation sites is 1. The second-order valence-electron chi connectivity index (χ2n) is 8.17. The molecule has 0 aliphatic heterocycles. The summed E-state index contributed by atoms with van der Waals surface area (Å²) in [6.45, 7) is 11.2. The van der Waals surface area contributed by atoms with Crippen LogP contribution in [0, 0.1) is 30.6 Å². The highest BCUT2D eigenvalue weighted by atomic mass is 16.2. The van der Waals surface area contributed by atoms with Crippen LogP contribution in [-0.4, -0.2) is 11.8 Å². The van der Waals surface area contributed by atoms with Crippen LogP contribution in [-0.2, 0) is 4.79 Å². The smallest absolute Gasteiger partial charge is 0.257 e. The standard InChI is InChI=1S/C24H27N3O2/c1-15-11-16(2)13-18(12-15)20(14-25)22(24(4,5)6)27-23(29)19-9-7-8-10-21(19)26-17(3)28/h7-13H,1-6H3,(H,26,28)(H,27,29)/b22-20-. The van der Waals surface area contributed by atoms with Gasteiger partial charge in [-0.05, 0) is 31.5 Å². The Morgan fingerprint density at radius 3 is 2.10 bits per heavy atom. The van der Waals surface area contributed by atoms with Crippen molar-refractivity contribution in [2.45, 2.75) is 41.5 Å². The van der Waals surface area contributed by atoms with Crippen molar-refractivity contribution in [1.82, 2.24) is 5.32 Å². The minimum absolute atomic E-state index is 0.259. The molecule has 2 amide bonds. The molecule has 0 aromatic heterocycles. The van der Waals surface area contributed by atoms with Gasteiger partial charge in [0.15, 0.2) is 0 Å². The summed E-state index contributed by atoms with van der Waals surface area (Å²) in [4.78, 5) is 24.6. The van der Waals surface area contributed by atoms with Gasteiger partial charge in [0, 0.05) is 18.0 Å². The number of aryl methyl sites for hydroxylation is 2. The second-order valence-corrected chi connectivity index (χ2v) is 8.17. The van der Waals surface area contributed by atoms with Crippen molar-refractivity contribution in [3.8, 4) is 6.07 Å². The summed E-state index contributed by atoms with van der Waals surface area (Å²) in [6.07, 6.45) is 0. The molecule has 2 rings (SSSR count). The molecule has 150 valence electrons. The number of carbonyl (C=O) groups is 2. The summed E-state index contributed by atoms with van der Waals surface area (Å²) in [6, 6.07) is 15.0. The number of nitriles is 1. The Kier molecular flexibility index (Phi) is 6.60. The van der Waals surface area contributed by atoms with Gasteiger partial charge in [0.25, 0.3) is 5.91 Å². The van der Waals surface area contributed by atoms with Crippen molar-refractivity contribution in [2.24, 2.45) is 5.41 Å². The summed E-state index contributed by atoms with van der Waals surface area (Å²) < 4.78 is 0. The molecule has 0 heterocycles. The number of allylic oxidation sites excluding steroid dienone is 2. The van der Waals surface area contributed by atoms with E-state index in [1.807, 2.05) is 52.8 Å². The molecule has 0 atom stereocenters. The van der Waals surface area contributed by atoms with E-state index in [1.54, 1.807) is 24.3 Å². The fourth-order valence-corrected chi connectivity index (χ4v) is 3.17. The van der Waals surface area contributed by atoms with Gasteiger partial charge in [-0.2, -0.15) is 5.26 Å². The van der Waals surface area contributed by atoms with Crippen LogP contribution < -0.4 is 10.6 Å². The van der Waals surface area contributed by atoms with Gasteiger partial charge in [-0.15, -0.1) is 0 Å². The molecule has 0 aliphatic rings. The minimum Gasteiger partial charge on any atom is -0.326 e. The maximum atomic E-state index is 13.1. The molecule has 0 bridgehead atoms. The lowest BCUT2D eigenvalue weighted by Gasteiger charge is -2.26. The molecule has 0 saturated heterocycles. The molecule has 0 unspecified atom stereocenters. The lowest BCUT2D eigenvalue weighted by atomic mass is 9.86. The fourth-order valence-electron chi connectivity index (χ4n) is 3.17. The van der Waals surface area contributed by atoms with E-state index in [9.17, 15) is 14.9 Å². The Balaban J connectivity index is 2.57. The van der Waals surface area contributed by atoms with Gasteiger partial charge in [-0.3, -0.25) is 9.59 Å². The van der Waals surface area contributed by atoms with Crippen molar-refractivity contribution < 1.29 is 9.59 Å². The first kappa shape index (κ1) is 21.9. The van der Waals surface area contributed by atoms with E-state index in [0.717, 1.165) is 16.7 Å². The minimum atomic E-state index is -0.485. The zero-order valence-corrected chi connectivity index (χ0v) is 17.8. The van der Waals surface area contributed by atoms with E-state index in [1.165, 1.54) is 6.92 Å². The average Bonchev–Trinajstić information content (AvgIpc) is 2.59. The van der Waals surface area contributed by atoms with Gasteiger partial charge in [0.1, 0.15) is 6.07 Å². The molecule has 0 radical (unpaired) electrons. The SMILES string of the molecule is CC(=O)Nc1ccccc1C(=O)N/C(=C(/C#N)c1cc(C)cc(C)c1)C(C)(C)C. The Hall–Kier alpha value is -3.39. The predicted molar refractivity (Wildman–Crippen MR) is 116 cm³/mol. The number of amides is 2. The van der Waals surface area contributed by atoms with Gasteiger partial charge >= 0.3 is 0 Å². The van der Waals surface area contributed by atoms with Crippen LogP contribution in [0.4, 0.5) is 5.69 Å². The highest BCUT2D eigenvalue weighted by molar-refractivity contribution is 6.04. The van der Waals surface area contributed by atoms with Gasteiger partial charge in [-0.25, -0.2) is 0 Å². The largest absolute Gasteiger partial charge is 0.326 e. The van der Waals surface area contributed by atoms with Crippen molar-refractivity contribution in [3.05, 3.63) is 70.4 Å². The zero-order chi connectivity index (χ0) is 21.8. The number of benzene rings is 2. The third-order valence-electron chi connectivity index (χ3n) is 4.34. The highest BCUT2D eigenvalue weighted by Crippen LogP contribution is 2.32. The number of rotatable bonds is 4. The third-order valence-corrected chi connectivity index (χ3v) is 4.34. The maximum Gasteiger partial charge on any atom is 0.257 e. The van der Waals surface area contributed by atoms with Crippen LogP contribution in [0.15, 0.2) is 48.2 Å². The third kappa shape index (κ3) is 5.55. The molecule has 0 saturated carbocycles. The summed E-state index contributed by atoms with van der Waals surface area (Å²) >= 11 is 0. The molecule has 2 aromatic carbocycles. The molecule has 2 aromatic rings. The first-order valence-electron chi connectivity index (χ1n) is 9.44. The van der Waals surface area contributed by atoms with Crippen LogP contribution in [0.3, 0.4) is 0 Å². The van der Waals surface area contributed by atoms with Crippen molar-refractivity contribution in [3.63, 3.8) is 0 Å². The van der Waals surface area contributed by atoms with Crippen molar-refractivity contribution >= 4 is 23.1 Å². The van der Waals surface area contributed by atoms with Crippen LogP contribution in [0.25, 0.3) is 5.57 Å². The van der Waals surface area contributed by atoms with Crippen LogP contribution in [0.5, 0.6) is 0 Å². The van der Waals surface area contributed by atoms with Crippen molar-refractivity contribution in [2.75, 3.05) is 5.32 Å². The Labute approximate surface area is 172 Å². The van der Waals surface area contributed by atoms with E-state index in [0.29, 0.717) is 22.5 Å². The molecular formula is C24H27N3O2. The van der Waals surface area contributed by atoms with E-state index < -0.39 is 5.41 Å². The lowest BCUT2D eigenvalue weighted by molar-refractivity contribution is -0.114. The fraction of sp³-hybridized carbons (Fsp3) is 0.292. The molecule has 0 fully saturated rings. The molecule has 0 spiro atoms. The van der Waals surface area contributed by atoms with Gasteiger partial charge < -0.3 is 10.6 Å². The lowest BCUT2D eigenvalue weighted by Crippen LogP contribution is -2.32. The molecule has 29 heavy (non-hydrogen) atoms. The van der Waals surface area contributed by atoms with Crippen LogP contribution in [0.1, 0.15) is 54.7 Å². The summed E-state index contributed by atoms with van der Waals surface area (Å²) in [7, 11) is 0. The van der Waals surface area contributed by atoms with E-state index in [2.05, 4.69) is 16.7 Å². The first-order valence-corrected chi connectivity index (χ1v) is 9.44. The maximum absolute atomic E-state index is 13.1. The van der Waals surface area contributed by atoms with Crippen LogP contribution >= 0.6 is 0 Å². The molecule has 2 N–H and O–H groups in total. The first-order chi connectivity index (χ1) is 13.5. The topological polar surface area (TPSA) is 82.0 Å². The second kappa shape index (κ2) is 8.74. The monoisotopic (exact) mass is 389 g/mol. The summed E-state index contributed by atoms with van der Waals surface area (Å²) in [5, 5.41) is 15.6. The van der Waals surface area contributed by atoms with Crippen LogP contribution in [0.2, 0.25) is 0 Å². The summed E-state index contributed by atoms with van der Waals surface area (Å²) in [5.41, 5.74) is 4.10. The normalized spacial score (nSPS) is 11.9. The van der Waals surface area contributed by atoms with Gasteiger partial charge in [-0.1, -0.05) is 62.2 Å². The molecule has 5 nitrogen and oxygen atoms in total. The van der Waals surface area contributed by atoms with E-state index >= 15 is 0 Å². The number of anilines is 1. The number of hydrogen-bond acceptors (Lipinski definition) is 3. The Morgan fingerprint density at radius 1 is 1.00 bits per heavy atom. The Morgan fingerprint density at radius 2 is 1.59 bits per heavy atom. The quantitative estimate of drug-likeness (QED) is 0.724.